The summed E-state index contributed by atoms with van der Waals surface area (Å²) in [5.41, 5.74) is 0. The molecule has 3 nitrogen and oxygen atoms in total. The fraction of sp³-hybridized carbons (Fsp3) is 1.00. The van der Waals surface area contributed by atoms with Crippen molar-refractivity contribution in [2.45, 2.75) is 57.9 Å². The molecule has 1 aliphatic rings. The van der Waals surface area contributed by atoms with Gasteiger partial charge in [-0.1, -0.05) is 6.92 Å². The molecule has 1 N–H and O–H groups in total. The van der Waals surface area contributed by atoms with E-state index >= 15 is 0 Å². The molecule has 17 heavy (non-hydrogen) atoms. The molecule has 0 radical (unpaired) electrons. The van der Waals surface area contributed by atoms with Crippen molar-refractivity contribution in [3.05, 3.63) is 0 Å². The van der Waals surface area contributed by atoms with Gasteiger partial charge in [-0.05, 0) is 38.2 Å². The number of ether oxygens (including phenoxy) is 2. The Morgan fingerprint density at radius 1 is 1.41 bits per heavy atom. The standard InChI is InChI=1S/C13H27NO2S/c1-5-16-12-9-11(13(12)15-4)14-10(3)7-8-17-6-2/h10-14H,5-9H2,1-4H3. The van der Waals surface area contributed by atoms with Gasteiger partial charge in [0.2, 0.25) is 0 Å². The quantitative estimate of drug-likeness (QED) is 0.645. The Labute approximate surface area is 110 Å². The lowest BCUT2D eigenvalue weighted by molar-refractivity contribution is -0.132. The first-order chi connectivity index (χ1) is 8.22. The zero-order valence-electron chi connectivity index (χ0n) is 11.6. The molecule has 0 spiro atoms. The van der Waals surface area contributed by atoms with Gasteiger partial charge in [0.25, 0.3) is 0 Å². The molecule has 0 bridgehead atoms. The van der Waals surface area contributed by atoms with Crippen molar-refractivity contribution in [2.24, 2.45) is 0 Å². The number of hydrogen-bond donors (Lipinski definition) is 1. The third kappa shape index (κ3) is 4.78. The van der Waals surface area contributed by atoms with Crippen molar-refractivity contribution in [1.29, 1.82) is 0 Å². The van der Waals surface area contributed by atoms with Crippen LogP contribution in [0.5, 0.6) is 0 Å². The van der Waals surface area contributed by atoms with Crippen LogP contribution in [0.25, 0.3) is 0 Å². The van der Waals surface area contributed by atoms with E-state index in [4.69, 9.17) is 9.47 Å². The van der Waals surface area contributed by atoms with E-state index in [0.717, 1.165) is 13.0 Å². The Kier molecular flexibility index (Phi) is 7.51. The first kappa shape index (κ1) is 15.3. The maximum atomic E-state index is 5.62. The average molecular weight is 261 g/mol. The van der Waals surface area contributed by atoms with Crippen LogP contribution < -0.4 is 5.32 Å². The van der Waals surface area contributed by atoms with Crippen LogP contribution in [-0.4, -0.2) is 49.5 Å². The van der Waals surface area contributed by atoms with Crippen LogP contribution in [0.15, 0.2) is 0 Å². The van der Waals surface area contributed by atoms with E-state index in [1.807, 2.05) is 18.7 Å². The molecule has 0 aromatic heterocycles. The molecule has 1 aliphatic carbocycles. The molecule has 102 valence electrons. The first-order valence-electron chi connectivity index (χ1n) is 6.71. The molecule has 1 rings (SSSR count). The van der Waals surface area contributed by atoms with E-state index in [1.54, 1.807) is 7.11 Å². The second-order valence-electron chi connectivity index (χ2n) is 4.59. The van der Waals surface area contributed by atoms with Gasteiger partial charge in [-0.25, -0.2) is 0 Å². The van der Waals surface area contributed by atoms with Gasteiger partial charge in [-0.2, -0.15) is 11.8 Å². The van der Waals surface area contributed by atoms with E-state index in [9.17, 15) is 0 Å². The zero-order valence-corrected chi connectivity index (χ0v) is 12.4. The first-order valence-corrected chi connectivity index (χ1v) is 7.86. The van der Waals surface area contributed by atoms with Gasteiger partial charge < -0.3 is 14.8 Å². The normalized spacial score (nSPS) is 30.0. The lowest BCUT2D eigenvalue weighted by atomic mass is 9.84. The van der Waals surface area contributed by atoms with Crippen LogP contribution in [0, 0.1) is 0 Å². The van der Waals surface area contributed by atoms with E-state index in [2.05, 4.69) is 19.2 Å². The second kappa shape index (κ2) is 8.35. The number of thioether (sulfide) groups is 1. The van der Waals surface area contributed by atoms with Gasteiger partial charge in [-0.3, -0.25) is 0 Å². The Balaban J connectivity index is 2.19. The van der Waals surface area contributed by atoms with Crippen LogP contribution >= 0.6 is 11.8 Å². The van der Waals surface area contributed by atoms with Gasteiger partial charge in [0.15, 0.2) is 0 Å². The Hall–Kier alpha value is 0.230. The third-order valence-corrected chi connectivity index (χ3v) is 4.23. The zero-order chi connectivity index (χ0) is 12.7. The maximum absolute atomic E-state index is 5.62. The van der Waals surface area contributed by atoms with Crippen molar-refractivity contribution in [3.8, 4) is 0 Å². The third-order valence-electron chi connectivity index (χ3n) is 3.30. The number of hydrogen-bond acceptors (Lipinski definition) is 4. The molecule has 1 fully saturated rings. The highest BCUT2D eigenvalue weighted by atomic mass is 32.2. The lowest BCUT2D eigenvalue weighted by Crippen LogP contribution is -2.61. The van der Waals surface area contributed by atoms with Crippen molar-refractivity contribution >= 4 is 11.8 Å². The minimum absolute atomic E-state index is 0.233. The summed E-state index contributed by atoms with van der Waals surface area (Å²) in [7, 11) is 1.78. The Morgan fingerprint density at radius 2 is 2.18 bits per heavy atom. The summed E-state index contributed by atoms with van der Waals surface area (Å²) in [6.45, 7) is 7.29. The number of rotatable bonds is 9. The molecule has 0 aliphatic heterocycles. The smallest absolute Gasteiger partial charge is 0.0986 e. The van der Waals surface area contributed by atoms with Crippen molar-refractivity contribution in [2.75, 3.05) is 25.2 Å². The molecule has 0 aromatic rings. The van der Waals surface area contributed by atoms with Crippen molar-refractivity contribution in [1.82, 2.24) is 5.32 Å². The molecule has 0 amide bonds. The topological polar surface area (TPSA) is 30.5 Å². The fourth-order valence-corrected chi connectivity index (χ4v) is 3.10. The predicted molar refractivity (Wildman–Crippen MR) is 74.8 cm³/mol. The highest BCUT2D eigenvalue weighted by Crippen LogP contribution is 2.27. The van der Waals surface area contributed by atoms with E-state index in [1.165, 1.54) is 17.9 Å². The number of nitrogens with one attached hydrogen (secondary N) is 1. The van der Waals surface area contributed by atoms with Crippen LogP contribution in [0.2, 0.25) is 0 Å². The monoisotopic (exact) mass is 261 g/mol. The summed E-state index contributed by atoms with van der Waals surface area (Å²) in [4.78, 5) is 0. The largest absolute Gasteiger partial charge is 0.377 e. The van der Waals surface area contributed by atoms with Gasteiger partial charge in [0, 0.05) is 25.8 Å². The molecular weight excluding hydrogens is 234 g/mol. The molecular formula is C13H27NO2S. The molecule has 4 unspecified atom stereocenters. The minimum atomic E-state index is 0.233. The number of methoxy groups -OCH3 is 1. The summed E-state index contributed by atoms with van der Waals surface area (Å²) >= 11 is 2.01. The Bertz CT molecular complexity index is 204. The van der Waals surface area contributed by atoms with Crippen molar-refractivity contribution < 1.29 is 9.47 Å². The van der Waals surface area contributed by atoms with Gasteiger partial charge in [0.05, 0.1) is 12.2 Å². The molecule has 0 saturated heterocycles. The van der Waals surface area contributed by atoms with Crippen LogP contribution in [-0.2, 0) is 9.47 Å². The highest BCUT2D eigenvalue weighted by Gasteiger charge is 2.42. The minimum Gasteiger partial charge on any atom is -0.377 e. The fourth-order valence-electron chi connectivity index (χ4n) is 2.29. The predicted octanol–water partition coefficient (Wildman–Crippen LogP) is 2.30. The summed E-state index contributed by atoms with van der Waals surface area (Å²) in [6, 6.07) is 1.04. The summed E-state index contributed by atoms with van der Waals surface area (Å²) in [6.07, 6.45) is 2.83. The summed E-state index contributed by atoms with van der Waals surface area (Å²) in [5, 5.41) is 3.65. The van der Waals surface area contributed by atoms with Gasteiger partial charge in [0.1, 0.15) is 0 Å². The molecule has 0 aromatic carbocycles. The maximum Gasteiger partial charge on any atom is 0.0986 e. The van der Waals surface area contributed by atoms with E-state index < -0.39 is 0 Å². The summed E-state index contributed by atoms with van der Waals surface area (Å²) in [5.74, 6) is 2.45. The highest BCUT2D eigenvalue weighted by molar-refractivity contribution is 7.99. The SMILES string of the molecule is CCOC1CC(NC(C)CCSCC)C1OC. The van der Waals surface area contributed by atoms with Gasteiger partial charge >= 0.3 is 0 Å². The molecule has 4 heteroatoms. The second-order valence-corrected chi connectivity index (χ2v) is 5.98. The lowest BCUT2D eigenvalue weighted by Gasteiger charge is -2.44. The van der Waals surface area contributed by atoms with Gasteiger partial charge in [-0.15, -0.1) is 0 Å². The van der Waals surface area contributed by atoms with Crippen LogP contribution in [0.1, 0.15) is 33.6 Å². The average Bonchev–Trinajstić information content (AvgIpc) is 2.28. The molecule has 4 atom stereocenters. The molecule has 0 heterocycles. The van der Waals surface area contributed by atoms with Crippen LogP contribution in [0.4, 0.5) is 0 Å². The van der Waals surface area contributed by atoms with Crippen molar-refractivity contribution in [3.63, 3.8) is 0 Å². The molecule has 1 saturated carbocycles. The van der Waals surface area contributed by atoms with E-state index in [0.29, 0.717) is 18.2 Å². The Morgan fingerprint density at radius 3 is 2.76 bits per heavy atom. The summed E-state index contributed by atoms with van der Waals surface area (Å²) < 4.78 is 11.1. The van der Waals surface area contributed by atoms with Crippen LogP contribution in [0.3, 0.4) is 0 Å². The van der Waals surface area contributed by atoms with E-state index in [-0.39, 0.29) is 6.10 Å².